The molecule has 63 heavy (non-hydrogen) atoms. The predicted octanol–water partition coefficient (Wildman–Crippen LogP) is 13.0. The lowest BCUT2D eigenvalue weighted by molar-refractivity contribution is -0.559. The van der Waals surface area contributed by atoms with Gasteiger partial charge in [-0.1, -0.05) is 26.2 Å². The first kappa shape index (κ1) is 55.2. The van der Waals surface area contributed by atoms with Crippen LogP contribution in [0.25, 0.3) is 11.4 Å². The lowest BCUT2D eigenvalue weighted by atomic mass is 9.91. The number of alkyl halides is 28. The number of ether oxygens (including phenoxy) is 3. The van der Waals surface area contributed by atoms with Gasteiger partial charge < -0.3 is 4.74 Å². The van der Waals surface area contributed by atoms with Crippen LogP contribution in [0.4, 0.5) is 123 Å². The third-order valence-corrected chi connectivity index (χ3v) is 7.99. The topological polar surface area (TPSA) is 53.5 Å². The van der Waals surface area contributed by atoms with Gasteiger partial charge in [0.25, 0.3) is 0 Å². The quantitative estimate of drug-likeness (QED) is 0.0869. The van der Waals surface area contributed by atoms with Crippen LogP contribution < -0.4 is 4.74 Å². The highest BCUT2D eigenvalue weighted by molar-refractivity contribution is 5.56. The number of hydrogen-bond acceptors (Lipinski definition) is 5. The van der Waals surface area contributed by atoms with Gasteiger partial charge in [0.05, 0.1) is 0 Å². The molecule has 5 nitrogen and oxygen atoms in total. The van der Waals surface area contributed by atoms with Crippen molar-refractivity contribution in [2.75, 3.05) is 0 Å². The fourth-order valence-electron chi connectivity index (χ4n) is 4.32. The number of aryl methyl sites for hydroxylation is 1. The summed E-state index contributed by atoms with van der Waals surface area (Å²) in [6.45, 7) is 1.94. The second-order valence-electron chi connectivity index (χ2n) is 12.6. The molecule has 0 amide bonds. The Morgan fingerprint density at radius 1 is 0.460 bits per heavy atom. The molecule has 1 aromatic carbocycles. The maximum atomic E-state index is 14.3. The fourth-order valence-corrected chi connectivity index (χ4v) is 4.32. The van der Waals surface area contributed by atoms with Gasteiger partial charge in [0.2, 0.25) is 0 Å². The van der Waals surface area contributed by atoms with Gasteiger partial charge >= 0.3 is 84.3 Å². The van der Waals surface area contributed by atoms with Gasteiger partial charge in [-0.05, 0) is 42.7 Å². The van der Waals surface area contributed by atoms with E-state index in [9.17, 15) is 123 Å². The van der Waals surface area contributed by atoms with Crippen LogP contribution >= 0.6 is 0 Å². The van der Waals surface area contributed by atoms with Crippen LogP contribution in [0.15, 0.2) is 36.7 Å². The molecule has 0 aliphatic carbocycles. The number of hydrogen-bond donors (Lipinski definition) is 0. The molecular weight excluding hydrogens is 968 g/mol. The maximum Gasteiger partial charge on any atom is 0.460 e. The van der Waals surface area contributed by atoms with Gasteiger partial charge in [-0.25, -0.2) is 19.4 Å². The Bertz CT molecular complexity index is 1830. The molecule has 2 rings (SSSR count). The molecule has 0 spiro atoms. The van der Waals surface area contributed by atoms with E-state index in [1.54, 1.807) is 0 Å². The number of halogens is 28. The molecule has 0 radical (unpaired) electrons. The average Bonchev–Trinajstić information content (AvgIpc) is 3.12. The first-order valence-corrected chi connectivity index (χ1v) is 16.0. The highest BCUT2D eigenvalue weighted by atomic mass is 19.4. The molecular formula is C30H20F28N2O3. The molecule has 1 unspecified atom stereocenters. The summed E-state index contributed by atoms with van der Waals surface area (Å²) < 4.78 is 387. The molecule has 33 heteroatoms. The Hall–Kier alpha value is -3.94. The molecule has 1 heterocycles. The van der Waals surface area contributed by atoms with E-state index in [0.717, 1.165) is 47.3 Å². The van der Waals surface area contributed by atoms with Crippen molar-refractivity contribution in [2.45, 2.75) is 123 Å². The Kier molecular flexibility index (Phi) is 15.0. The van der Waals surface area contributed by atoms with E-state index in [-0.39, 0.29) is 11.4 Å². The van der Waals surface area contributed by atoms with E-state index < -0.39 is 90.1 Å². The minimum Gasteiger partial charge on any atom is -0.454 e. The third kappa shape index (κ3) is 9.57. The summed E-state index contributed by atoms with van der Waals surface area (Å²) in [6.07, 6.45) is -41.4. The van der Waals surface area contributed by atoms with Gasteiger partial charge in [0, 0.05) is 18.0 Å². The Labute approximate surface area is 330 Å². The number of aromatic nitrogens is 2. The first-order chi connectivity index (χ1) is 27.8. The Morgan fingerprint density at radius 3 is 1.24 bits per heavy atom. The van der Waals surface area contributed by atoms with Crippen LogP contribution in [-0.2, 0) is 15.9 Å². The number of benzene rings is 1. The summed E-state index contributed by atoms with van der Waals surface area (Å²) in [5, 5.41) is 0. The zero-order chi connectivity index (χ0) is 49.7. The minimum atomic E-state index is -9.39. The summed E-state index contributed by atoms with van der Waals surface area (Å²) in [6, 6.07) is 2.13. The molecule has 0 fully saturated rings. The lowest BCUT2D eigenvalue weighted by Crippen LogP contribution is -2.74. The summed E-state index contributed by atoms with van der Waals surface area (Å²) >= 11 is 0. The van der Waals surface area contributed by atoms with Gasteiger partial charge in [0.1, 0.15) is 5.75 Å². The molecule has 364 valence electrons. The monoisotopic (exact) mass is 988 g/mol. The molecule has 0 aliphatic heterocycles. The summed E-state index contributed by atoms with van der Waals surface area (Å²) in [7, 11) is 0. The SMILES string of the molecule is CCCCCCc1cnc(-c2ccc(OC(F)C(F)(F)C(F)(F)C(F)(F)C(F)(F)C(F)(F)C(F)(F)C(F)(F)OC(F)(F)C(F)(F)OC(F)(F)C(F)(F)C(F)(F)C(F)(F)F)cc2)nc1. The molecule has 1 aromatic heterocycles. The van der Waals surface area contributed by atoms with Crippen LogP contribution in [-0.4, -0.2) is 94.3 Å². The Morgan fingerprint density at radius 2 is 0.841 bits per heavy atom. The number of unbranched alkanes of at least 4 members (excludes halogenated alkanes) is 3. The van der Waals surface area contributed by atoms with Crippen LogP contribution in [0.3, 0.4) is 0 Å². The molecule has 0 bridgehead atoms. The summed E-state index contributed by atoms with van der Waals surface area (Å²) in [4.78, 5) is 7.85. The van der Waals surface area contributed by atoms with Crippen LogP contribution in [0.1, 0.15) is 38.2 Å². The van der Waals surface area contributed by atoms with E-state index in [2.05, 4.69) is 14.7 Å². The van der Waals surface area contributed by atoms with E-state index in [0.29, 0.717) is 24.1 Å². The standard InChI is InChI=1S/C30H20F28N2O3/c1-2-3-4-5-6-13-11-59-16(60-12-13)14-7-9-15(10-8-14)61-17(31)18(32,33)19(34,35)20(36,37)21(38,39)22(40,41)24(44,45)27(51,52)62-29(55,56)30(57,58)63-28(53,54)25(46,47)23(42,43)26(48,49)50/h7-12,17H,2-6H2,1H3. The largest absolute Gasteiger partial charge is 0.460 e. The van der Waals surface area contributed by atoms with Crippen molar-refractivity contribution in [3.05, 3.63) is 42.2 Å². The zero-order valence-electron chi connectivity index (χ0n) is 29.8. The van der Waals surface area contributed by atoms with Crippen molar-refractivity contribution < 1.29 is 137 Å². The van der Waals surface area contributed by atoms with E-state index >= 15 is 0 Å². The molecule has 2 aromatic rings. The zero-order valence-corrected chi connectivity index (χ0v) is 29.8. The minimum absolute atomic E-state index is 0.110. The van der Waals surface area contributed by atoms with Gasteiger partial charge in [-0.15, -0.1) is 0 Å². The second kappa shape index (κ2) is 17.1. The normalized spacial score (nSPS) is 15.8. The highest BCUT2D eigenvalue weighted by Gasteiger charge is 2.95. The third-order valence-electron chi connectivity index (χ3n) is 7.99. The molecule has 1 atom stereocenters. The lowest BCUT2D eigenvalue weighted by Gasteiger charge is -2.43. The number of rotatable bonds is 22. The van der Waals surface area contributed by atoms with Crippen molar-refractivity contribution in [1.82, 2.24) is 9.97 Å². The molecule has 0 saturated heterocycles. The number of nitrogens with zero attached hydrogens (tertiary/aromatic N) is 2. The molecule has 0 aliphatic rings. The van der Waals surface area contributed by atoms with Crippen molar-refractivity contribution in [2.24, 2.45) is 0 Å². The fraction of sp³-hybridized carbons (Fsp3) is 0.667. The summed E-state index contributed by atoms with van der Waals surface area (Å²) in [5.74, 6) is -71.8. The summed E-state index contributed by atoms with van der Waals surface area (Å²) in [5.41, 5.74) is 0.506. The van der Waals surface area contributed by atoms with Gasteiger partial charge in [0.15, 0.2) is 5.82 Å². The van der Waals surface area contributed by atoms with Gasteiger partial charge in [-0.3, -0.25) is 0 Å². The first-order valence-electron chi connectivity index (χ1n) is 16.0. The van der Waals surface area contributed by atoms with Crippen molar-refractivity contribution >= 4 is 0 Å². The highest BCUT2D eigenvalue weighted by Crippen LogP contribution is 2.64. The van der Waals surface area contributed by atoms with Crippen molar-refractivity contribution in [1.29, 1.82) is 0 Å². The van der Waals surface area contributed by atoms with Gasteiger partial charge in [-0.2, -0.15) is 123 Å². The van der Waals surface area contributed by atoms with Crippen LogP contribution in [0.5, 0.6) is 5.75 Å². The smallest absolute Gasteiger partial charge is 0.454 e. The van der Waals surface area contributed by atoms with E-state index in [1.807, 2.05) is 6.92 Å². The molecule has 0 saturated carbocycles. The van der Waals surface area contributed by atoms with Crippen molar-refractivity contribution in [3.8, 4) is 17.1 Å². The maximum absolute atomic E-state index is 14.3. The molecule has 0 N–H and O–H groups in total. The van der Waals surface area contributed by atoms with Crippen LogP contribution in [0.2, 0.25) is 0 Å². The van der Waals surface area contributed by atoms with Crippen LogP contribution in [0, 0.1) is 0 Å². The van der Waals surface area contributed by atoms with E-state index in [4.69, 9.17) is 0 Å². The predicted molar refractivity (Wildman–Crippen MR) is 148 cm³/mol. The Balaban J connectivity index is 2.40. The van der Waals surface area contributed by atoms with E-state index in [1.165, 1.54) is 12.4 Å². The second-order valence-corrected chi connectivity index (χ2v) is 12.6. The van der Waals surface area contributed by atoms with Crippen molar-refractivity contribution in [3.63, 3.8) is 0 Å². The average molecular weight is 988 g/mol.